The number of esters is 1. The van der Waals surface area contributed by atoms with Gasteiger partial charge in [0.15, 0.2) is 0 Å². The molecule has 0 unspecified atom stereocenters. The van der Waals surface area contributed by atoms with Crippen molar-refractivity contribution in [2.45, 2.75) is 13.3 Å². The second-order valence-electron chi connectivity index (χ2n) is 2.94. The van der Waals surface area contributed by atoms with Gasteiger partial charge in [0.1, 0.15) is 5.15 Å². The standard InChI is InChI=1S/C10H10ClF2NO3/c1-3-17-10(15)5-4-6(11)14-9(16-2)7(5)8(12)13/h4,8H,3H2,1-2H3. The Morgan fingerprint density at radius 1 is 1.59 bits per heavy atom. The molecule has 0 aliphatic rings. The highest BCUT2D eigenvalue weighted by molar-refractivity contribution is 6.29. The number of alkyl halides is 2. The Morgan fingerprint density at radius 3 is 2.71 bits per heavy atom. The second kappa shape index (κ2) is 5.77. The largest absolute Gasteiger partial charge is 0.481 e. The molecule has 0 bridgehead atoms. The average Bonchev–Trinajstić information content (AvgIpc) is 2.27. The van der Waals surface area contributed by atoms with Gasteiger partial charge in [0.05, 0.1) is 24.8 Å². The van der Waals surface area contributed by atoms with Gasteiger partial charge in [-0.05, 0) is 13.0 Å². The average molecular weight is 266 g/mol. The first-order valence-corrected chi connectivity index (χ1v) is 5.08. The Bertz CT molecular complexity index is 426. The number of carbonyl (C=O) groups excluding carboxylic acids is 1. The number of ether oxygens (including phenoxy) is 2. The molecular weight excluding hydrogens is 256 g/mol. The Labute approximate surface area is 101 Å². The second-order valence-corrected chi connectivity index (χ2v) is 3.32. The Morgan fingerprint density at radius 2 is 2.24 bits per heavy atom. The molecule has 0 radical (unpaired) electrons. The third kappa shape index (κ3) is 3.03. The highest BCUT2D eigenvalue weighted by Crippen LogP contribution is 2.32. The van der Waals surface area contributed by atoms with E-state index in [1.807, 2.05) is 0 Å². The fraction of sp³-hybridized carbons (Fsp3) is 0.400. The lowest BCUT2D eigenvalue weighted by Crippen LogP contribution is -2.11. The smallest absolute Gasteiger partial charge is 0.338 e. The van der Waals surface area contributed by atoms with E-state index in [2.05, 4.69) is 14.5 Å². The quantitative estimate of drug-likeness (QED) is 0.620. The summed E-state index contributed by atoms with van der Waals surface area (Å²) in [6.45, 7) is 1.64. The van der Waals surface area contributed by atoms with Crippen LogP contribution < -0.4 is 4.74 Å². The molecule has 94 valence electrons. The summed E-state index contributed by atoms with van der Waals surface area (Å²) in [6, 6.07) is 1.03. The minimum absolute atomic E-state index is 0.0732. The number of pyridine rings is 1. The van der Waals surface area contributed by atoms with Crippen molar-refractivity contribution in [3.63, 3.8) is 0 Å². The van der Waals surface area contributed by atoms with Crippen molar-refractivity contribution >= 4 is 17.6 Å². The van der Waals surface area contributed by atoms with Crippen LogP contribution in [-0.4, -0.2) is 24.7 Å². The van der Waals surface area contributed by atoms with Crippen molar-refractivity contribution in [2.24, 2.45) is 0 Å². The van der Waals surface area contributed by atoms with Crippen LogP contribution >= 0.6 is 11.6 Å². The van der Waals surface area contributed by atoms with Crippen LogP contribution in [0.4, 0.5) is 8.78 Å². The molecular formula is C10H10ClF2NO3. The molecule has 0 saturated heterocycles. The molecule has 0 amide bonds. The highest BCUT2D eigenvalue weighted by atomic mass is 35.5. The molecule has 1 heterocycles. The van der Waals surface area contributed by atoms with Gasteiger partial charge < -0.3 is 9.47 Å². The molecule has 0 aliphatic carbocycles. The van der Waals surface area contributed by atoms with E-state index in [4.69, 9.17) is 11.6 Å². The van der Waals surface area contributed by atoms with Crippen LogP contribution in [0.25, 0.3) is 0 Å². The molecule has 0 spiro atoms. The van der Waals surface area contributed by atoms with E-state index in [0.29, 0.717) is 0 Å². The molecule has 4 nitrogen and oxygen atoms in total. The highest BCUT2D eigenvalue weighted by Gasteiger charge is 2.26. The predicted octanol–water partition coefficient (Wildman–Crippen LogP) is 2.86. The first kappa shape index (κ1) is 13.6. The molecule has 0 aliphatic heterocycles. The van der Waals surface area contributed by atoms with Crippen molar-refractivity contribution in [3.8, 4) is 5.88 Å². The third-order valence-electron chi connectivity index (χ3n) is 1.90. The lowest BCUT2D eigenvalue weighted by molar-refractivity contribution is 0.0513. The lowest BCUT2D eigenvalue weighted by Gasteiger charge is -2.11. The zero-order valence-electron chi connectivity index (χ0n) is 9.17. The fourth-order valence-corrected chi connectivity index (χ4v) is 1.43. The Balaban J connectivity index is 3.35. The number of methoxy groups -OCH3 is 1. The van der Waals surface area contributed by atoms with Crippen LogP contribution in [0, 0.1) is 0 Å². The van der Waals surface area contributed by atoms with E-state index >= 15 is 0 Å². The summed E-state index contributed by atoms with van der Waals surface area (Å²) < 4.78 is 35.0. The SMILES string of the molecule is CCOC(=O)c1cc(Cl)nc(OC)c1C(F)F. The third-order valence-corrected chi connectivity index (χ3v) is 2.09. The Kier molecular flexibility index (Phi) is 4.62. The lowest BCUT2D eigenvalue weighted by atomic mass is 10.1. The van der Waals surface area contributed by atoms with Crippen LogP contribution in [0.3, 0.4) is 0 Å². The molecule has 0 atom stereocenters. The van der Waals surface area contributed by atoms with E-state index in [1.165, 1.54) is 7.11 Å². The number of halogens is 3. The monoisotopic (exact) mass is 265 g/mol. The van der Waals surface area contributed by atoms with Gasteiger partial charge in [0.2, 0.25) is 5.88 Å². The first-order chi connectivity index (χ1) is 8.01. The van der Waals surface area contributed by atoms with Crippen molar-refractivity contribution in [1.82, 2.24) is 4.98 Å². The zero-order chi connectivity index (χ0) is 13.0. The molecule has 17 heavy (non-hydrogen) atoms. The summed E-state index contributed by atoms with van der Waals surface area (Å²) in [5.74, 6) is -1.26. The minimum Gasteiger partial charge on any atom is -0.481 e. The fourth-order valence-electron chi connectivity index (χ4n) is 1.25. The van der Waals surface area contributed by atoms with Crippen LogP contribution in [0.1, 0.15) is 29.3 Å². The summed E-state index contributed by atoms with van der Waals surface area (Å²) in [5, 5.41) is -0.116. The van der Waals surface area contributed by atoms with E-state index in [1.54, 1.807) is 6.92 Å². The van der Waals surface area contributed by atoms with Gasteiger partial charge in [-0.3, -0.25) is 0 Å². The van der Waals surface area contributed by atoms with E-state index in [-0.39, 0.29) is 23.2 Å². The molecule has 1 aromatic rings. The number of hydrogen-bond acceptors (Lipinski definition) is 4. The van der Waals surface area contributed by atoms with Crippen LogP contribution in [0.15, 0.2) is 6.07 Å². The minimum atomic E-state index is -2.91. The summed E-state index contributed by atoms with van der Waals surface area (Å²) in [5.41, 5.74) is -0.950. The van der Waals surface area contributed by atoms with Gasteiger partial charge in [-0.1, -0.05) is 11.6 Å². The maximum atomic E-state index is 12.8. The van der Waals surface area contributed by atoms with Crippen LogP contribution in [-0.2, 0) is 4.74 Å². The number of hydrogen-bond donors (Lipinski definition) is 0. The van der Waals surface area contributed by atoms with Gasteiger partial charge in [-0.25, -0.2) is 18.6 Å². The normalized spacial score (nSPS) is 10.5. The summed E-state index contributed by atoms with van der Waals surface area (Å²) >= 11 is 5.61. The Hall–Kier alpha value is -1.43. The van der Waals surface area contributed by atoms with E-state index in [9.17, 15) is 13.6 Å². The van der Waals surface area contributed by atoms with Gasteiger partial charge in [-0.2, -0.15) is 0 Å². The summed E-state index contributed by atoms with van der Waals surface area (Å²) in [7, 11) is 1.17. The molecule has 7 heteroatoms. The summed E-state index contributed by atoms with van der Waals surface area (Å²) in [4.78, 5) is 15.1. The molecule has 0 aromatic carbocycles. The molecule has 1 aromatic heterocycles. The van der Waals surface area contributed by atoms with Gasteiger partial charge >= 0.3 is 5.97 Å². The summed E-state index contributed by atoms with van der Waals surface area (Å²) in [6.07, 6.45) is -2.91. The van der Waals surface area contributed by atoms with Crippen LogP contribution in [0.2, 0.25) is 5.15 Å². The van der Waals surface area contributed by atoms with Gasteiger partial charge in [-0.15, -0.1) is 0 Å². The number of nitrogens with zero attached hydrogens (tertiary/aromatic N) is 1. The van der Waals surface area contributed by atoms with E-state index in [0.717, 1.165) is 6.07 Å². The van der Waals surface area contributed by atoms with Crippen molar-refractivity contribution in [1.29, 1.82) is 0 Å². The maximum absolute atomic E-state index is 12.8. The first-order valence-electron chi connectivity index (χ1n) is 4.71. The zero-order valence-corrected chi connectivity index (χ0v) is 9.92. The van der Waals surface area contributed by atoms with E-state index < -0.39 is 18.0 Å². The molecule has 0 saturated carbocycles. The number of rotatable bonds is 4. The van der Waals surface area contributed by atoms with Crippen molar-refractivity contribution < 1.29 is 23.0 Å². The van der Waals surface area contributed by atoms with Crippen molar-refractivity contribution in [2.75, 3.05) is 13.7 Å². The number of aromatic nitrogens is 1. The predicted molar refractivity (Wildman–Crippen MR) is 56.7 cm³/mol. The molecule has 0 N–H and O–H groups in total. The maximum Gasteiger partial charge on any atom is 0.338 e. The van der Waals surface area contributed by atoms with Crippen LogP contribution in [0.5, 0.6) is 5.88 Å². The number of carbonyl (C=O) groups is 1. The van der Waals surface area contributed by atoms with Gasteiger partial charge in [0.25, 0.3) is 6.43 Å². The topological polar surface area (TPSA) is 48.4 Å². The molecule has 1 rings (SSSR count). The molecule has 0 fully saturated rings. The van der Waals surface area contributed by atoms with Crippen molar-refractivity contribution in [3.05, 3.63) is 22.3 Å². The van der Waals surface area contributed by atoms with Gasteiger partial charge in [0, 0.05) is 0 Å².